The zero-order valence-corrected chi connectivity index (χ0v) is 10.5. The maximum absolute atomic E-state index is 5.61. The molecule has 1 N–H and O–H groups in total. The summed E-state index contributed by atoms with van der Waals surface area (Å²) in [4.78, 5) is 3.99. The van der Waals surface area contributed by atoms with E-state index in [2.05, 4.69) is 31.1 Å². The monoisotopic (exact) mass is 222 g/mol. The van der Waals surface area contributed by atoms with Crippen molar-refractivity contribution in [1.29, 1.82) is 0 Å². The zero-order chi connectivity index (χ0) is 11.9. The molecule has 1 aromatic heterocycles. The summed E-state index contributed by atoms with van der Waals surface area (Å²) in [6, 6.07) is 4.10. The molecule has 0 bridgehead atoms. The van der Waals surface area contributed by atoms with Gasteiger partial charge in [0.15, 0.2) is 0 Å². The zero-order valence-electron chi connectivity index (χ0n) is 10.5. The molecule has 16 heavy (non-hydrogen) atoms. The van der Waals surface area contributed by atoms with Crippen molar-refractivity contribution in [3.8, 4) is 0 Å². The maximum Gasteiger partial charge on any atom is 0.0599 e. The summed E-state index contributed by atoms with van der Waals surface area (Å²) in [5.41, 5.74) is 1.28. The van der Waals surface area contributed by atoms with E-state index >= 15 is 0 Å². The molecule has 3 heteroatoms. The molecule has 0 aliphatic rings. The van der Waals surface area contributed by atoms with E-state index in [0.29, 0.717) is 0 Å². The van der Waals surface area contributed by atoms with Crippen LogP contribution in [0, 0.1) is 0 Å². The Morgan fingerprint density at radius 3 is 2.50 bits per heavy atom. The molecule has 0 aliphatic carbocycles. The smallest absolute Gasteiger partial charge is 0.0599 e. The lowest BCUT2D eigenvalue weighted by atomic mass is 10.2. The average molecular weight is 222 g/mol. The normalized spacial score (nSPS) is 11.7. The standard InChI is InChI=1S/C13H22N2O/c1-13(2,3)16-11-10-15-9-6-12-4-7-14-8-5-12/h4-5,7-8,15H,6,9-11H2,1-3H3. The van der Waals surface area contributed by atoms with E-state index < -0.39 is 0 Å². The van der Waals surface area contributed by atoms with Gasteiger partial charge in [0.1, 0.15) is 0 Å². The highest BCUT2D eigenvalue weighted by Crippen LogP contribution is 2.05. The number of ether oxygens (including phenoxy) is 1. The van der Waals surface area contributed by atoms with Gasteiger partial charge in [-0.25, -0.2) is 0 Å². The van der Waals surface area contributed by atoms with Crippen molar-refractivity contribution in [2.75, 3.05) is 19.7 Å². The second kappa shape index (κ2) is 6.61. The minimum Gasteiger partial charge on any atom is -0.375 e. The van der Waals surface area contributed by atoms with Gasteiger partial charge in [0.05, 0.1) is 12.2 Å². The Balaban J connectivity index is 2.01. The highest BCUT2D eigenvalue weighted by Gasteiger charge is 2.08. The van der Waals surface area contributed by atoms with Gasteiger partial charge in [-0.3, -0.25) is 4.98 Å². The molecule has 0 aromatic carbocycles. The number of nitrogens with zero attached hydrogens (tertiary/aromatic N) is 1. The first-order valence-corrected chi connectivity index (χ1v) is 5.81. The maximum atomic E-state index is 5.61. The Morgan fingerprint density at radius 2 is 1.88 bits per heavy atom. The van der Waals surface area contributed by atoms with Crippen LogP contribution in [0.3, 0.4) is 0 Å². The van der Waals surface area contributed by atoms with E-state index in [1.54, 1.807) is 0 Å². The van der Waals surface area contributed by atoms with Crippen LogP contribution in [-0.4, -0.2) is 30.3 Å². The minimum atomic E-state index is -0.0349. The average Bonchev–Trinajstić information content (AvgIpc) is 2.23. The molecule has 3 nitrogen and oxygen atoms in total. The van der Waals surface area contributed by atoms with Crippen molar-refractivity contribution in [2.45, 2.75) is 32.8 Å². The summed E-state index contributed by atoms with van der Waals surface area (Å²) in [7, 11) is 0. The molecule has 0 spiro atoms. The quantitative estimate of drug-likeness (QED) is 0.748. The SMILES string of the molecule is CC(C)(C)OCCNCCc1ccncc1. The Morgan fingerprint density at radius 1 is 1.19 bits per heavy atom. The minimum absolute atomic E-state index is 0.0349. The van der Waals surface area contributed by atoms with Crippen LogP contribution >= 0.6 is 0 Å². The summed E-state index contributed by atoms with van der Waals surface area (Å²) in [5.74, 6) is 0. The number of aromatic nitrogens is 1. The summed E-state index contributed by atoms with van der Waals surface area (Å²) in [5, 5.41) is 3.36. The lowest BCUT2D eigenvalue weighted by Gasteiger charge is -2.19. The van der Waals surface area contributed by atoms with Crippen LogP contribution < -0.4 is 5.32 Å². The van der Waals surface area contributed by atoms with Crippen molar-refractivity contribution >= 4 is 0 Å². The van der Waals surface area contributed by atoms with E-state index in [1.807, 2.05) is 24.5 Å². The van der Waals surface area contributed by atoms with Crippen LogP contribution in [0.4, 0.5) is 0 Å². The predicted octanol–water partition coefficient (Wildman–Crippen LogP) is 2.03. The van der Waals surface area contributed by atoms with Gasteiger partial charge in [-0.05, 0) is 51.4 Å². The highest BCUT2D eigenvalue weighted by atomic mass is 16.5. The van der Waals surface area contributed by atoms with E-state index in [-0.39, 0.29) is 5.60 Å². The van der Waals surface area contributed by atoms with Gasteiger partial charge in [0.2, 0.25) is 0 Å². The Bertz CT molecular complexity index is 280. The fourth-order valence-corrected chi connectivity index (χ4v) is 1.34. The van der Waals surface area contributed by atoms with E-state index in [4.69, 9.17) is 4.74 Å². The topological polar surface area (TPSA) is 34.1 Å². The van der Waals surface area contributed by atoms with Gasteiger partial charge >= 0.3 is 0 Å². The van der Waals surface area contributed by atoms with E-state index in [0.717, 1.165) is 26.1 Å². The number of nitrogens with one attached hydrogen (secondary N) is 1. The third-order valence-electron chi connectivity index (χ3n) is 2.15. The van der Waals surface area contributed by atoms with Crippen molar-refractivity contribution in [3.63, 3.8) is 0 Å². The second-order valence-electron chi connectivity index (χ2n) is 4.82. The van der Waals surface area contributed by atoms with Crippen molar-refractivity contribution in [3.05, 3.63) is 30.1 Å². The molecule has 1 heterocycles. The molecular formula is C13H22N2O. The van der Waals surface area contributed by atoms with Crippen LogP contribution in [-0.2, 0) is 11.2 Å². The molecular weight excluding hydrogens is 200 g/mol. The van der Waals surface area contributed by atoms with Gasteiger partial charge in [0.25, 0.3) is 0 Å². The largest absolute Gasteiger partial charge is 0.375 e. The molecule has 90 valence electrons. The second-order valence-corrected chi connectivity index (χ2v) is 4.82. The lowest BCUT2D eigenvalue weighted by Crippen LogP contribution is -2.27. The first-order chi connectivity index (χ1) is 7.58. The Hall–Kier alpha value is -0.930. The molecule has 0 saturated heterocycles. The Labute approximate surface area is 98.2 Å². The van der Waals surface area contributed by atoms with Gasteiger partial charge < -0.3 is 10.1 Å². The third kappa shape index (κ3) is 6.53. The number of pyridine rings is 1. The van der Waals surface area contributed by atoms with Crippen LogP contribution in [0.15, 0.2) is 24.5 Å². The summed E-state index contributed by atoms with van der Waals surface area (Å²) < 4.78 is 5.61. The van der Waals surface area contributed by atoms with Gasteiger partial charge in [-0.2, -0.15) is 0 Å². The summed E-state index contributed by atoms with van der Waals surface area (Å²) >= 11 is 0. The number of rotatable bonds is 6. The molecule has 0 saturated carbocycles. The summed E-state index contributed by atoms with van der Waals surface area (Å²) in [6.45, 7) is 8.87. The van der Waals surface area contributed by atoms with Crippen LogP contribution in [0.25, 0.3) is 0 Å². The fraction of sp³-hybridized carbons (Fsp3) is 0.615. The molecule has 0 atom stereocenters. The molecule has 0 amide bonds. The van der Waals surface area contributed by atoms with Gasteiger partial charge in [0, 0.05) is 18.9 Å². The first-order valence-electron chi connectivity index (χ1n) is 5.81. The van der Waals surface area contributed by atoms with E-state index in [9.17, 15) is 0 Å². The van der Waals surface area contributed by atoms with Gasteiger partial charge in [-0.1, -0.05) is 0 Å². The number of hydrogen-bond donors (Lipinski definition) is 1. The third-order valence-corrected chi connectivity index (χ3v) is 2.15. The molecule has 1 rings (SSSR count). The van der Waals surface area contributed by atoms with Crippen molar-refractivity contribution in [1.82, 2.24) is 10.3 Å². The number of hydrogen-bond acceptors (Lipinski definition) is 3. The Kier molecular flexibility index (Phi) is 5.43. The van der Waals surface area contributed by atoms with Gasteiger partial charge in [-0.15, -0.1) is 0 Å². The van der Waals surface area contributed by atoms with E-state index in [1.165, 1.54) is 5.56 Å². The first kappa shape index (κ1) is 13.1. The highest BCUT2D eigenvalue weighted by molar-refractivity contribution is 5.09. The van der Waals surface area contributed by atoms with Crippen LogP contribution in [0.2, 0.25) is 0 Å². The van der Waals surface area contributed by atoms with Crippen molar-refractivity contribution < 1.29 is 4.74 Å². The van der Waals surface area contributed by atoms with Crippen molar-refractivity contribution in [2.24, 2.45) is 0 Å². The predicted molar refractivity (Wildman–Crippen MR) is 66.5 cm³/mol. The van der Waals surface area contributed by atoms with Crippen LogP contribution in [0.5, 0.6) is 0 Å². The summed E-state index contributed by atoms with van der Waals surface area (Å²) in [6.07, 6.45) is 4.70. The molecule has 0 radical (unpaired) electrons. The fourth-order valence-electron chi connectivity index (χ4n) is 1.34. The van der Waals surface area contributed by atoms with Crippen LogP contribution in [0.1, 0.15) is 26.3 Å². The molecule has 1 aromatic rings. The lowest BCUT2D eigenvalue weighted by molar-refractivity contribution is -0.000710. The molecule has 0 fully saturated rings. The molecule has 0 aliphatic heterocycles. The molecule has 0 unspecified atom stereocenters.